The summed E-state index contributed by atoms with van der Waals surface area (Å²) < 4.78 is 2.90. The van der Waals surface area contributed by atoms with E-state index in [0.717, 1.165) is 20.9 Å². The minimum absolute atomic E-state index is 0.0384. The predicted molar refractivity (Wildman–Crippen MR) is 108 cm³/mol. The molecule has 1 amide bonds. The van der Waals surface area contributed by atoms with Gasteiger partial charge in [0.1, 0.15) is 0 Å². The Labute approximate surface area is 166 Å². The number of aromatic amines is 1. The molecule has 0 bridgehead atoms. The summed E-state index contributed by atoms with van der Waals surface area (Å²) in [5.41, 5.74) is 4.73. The number of fused-ring (bicyclic) bond motifs is 2. The number of rotatable bonds is 4. The maximum absolute atomic E-state index is 12.4. The van der Waals surface area contributed by atoms with Gasteiger partial charge in [-0.1, -0.05) is 15.9 Å². The zero-order valence-electron chi connectivity index (χ0n) is 14.5. The highest BCUT2D eigenvalue weighted by Crippen LogP contribution is 2.24. The summed E-state index contributed by atoms with van der Waals surface area (Å²) in [6, 6.07) is 10.1. The first-order valence-corrected chi connectivity index (χ1v) is 8.94. The molecule has 0 aliphatic carbocycles. The van der Waals surface area contributed by atoms with Gasteiger partial charge in [0.15, 0.2) is 5.69 Å². The maximum Gasteiger partial charge on any atom is 0.292 e. The number of hydrogen-bond acceptors (Lipinski definition) is 5. The van der Waals surface area contributed by atoms with Gasteiger partial charge in [0.25, 0.3) is 11.6 Å². The van der Waals surface area contributed by atoms with E-state index in [1.54, 1.807) is 6.21 Å². The number of benzene rings is 2. The van der Waals surface area contributed by atoms with Crippen molar-refractivity contribution >= 4 is 55.5 Å². The Bertz CT molecular complexity index is 1270. The number of nitrogens with zero attached hydrogens (tertiary/aromatic N) is 4. The number of nitrogens with one attached hydrogen (secondary N) is 2. The van der Waals surface area contributed by atoms with Crippen LogP contribution < -0.4 is 5.43 Å². The van der Waals surface area contributed by atoms with E-state index < -0.39 is 10.8 Å². The Morgan fingerprint density at radius 1 is 1.32 bits per heavy atom. The van der Waals surface area contributed by atoms with E-state index in [1.807, 2.05) is 36.0 Å². The number of hydrogen-bond donors (Lipinski definition) is 2. The largest absolute Gasteiger partial charge is 0.350 e. The lowest BCUT2D eigenvalue weighted by Gasteiger charge is -1.97. The molecule has 0 fully saturated rings. The number of nitro groups is 1. The fourth-order valence-corrected chi connectivity index (χ4v) is 3.36. The molecule has 0 aliphatic rings. The smallest absolute Gasteiger partial charge is 0.292 e. The molecule has 0 saturated carbocycles. The second-order valence-electron chi connectivity index (χ2n) is 6.12. The first kappa shape index (κ1) is 17.9. The average molecular weight is 441 g/mol. The number of halogens is 1. The molecule has 9 nitrogen and oxygen atoms in total. The third kappa shape index (κ3) is 3.14. The summed E-state index contributed by atoms with van der Waals surface area (Å²) in [4.78, 5) is 22.9. The molecule has 140 valence electrons. The molecule has 2 N–H and O–H groups in total. The van der Waals surface area contributed by atoms with Gasteiger partial charge in [-0.3, -0.25) is 20.0 Å². The third-order valence-electron chi connectivity index (χ3n) is 4.32. The Morgan fingerprint density at radius 3 is 2.93 bits per heavy atom. The van der Waals surface area contributed by atoms with Crippen LogP contribution in [0.2, 0.25) is 0 Å². The second kappa shape index (κ2) is 6.89. The minimum Gasteiger partial charge on any atom is -0.350 e. The van der Waals surface area contributed by atoms with Crippen molar-refractivity contribution in [3.63, 3.8) is 0 Å². The molecule has 0 atom stereocenters. The van der Waals surface area contributed by atoms with E-state index in [2.05, 4.69) is 36.7 Å². The molecular formula is C18H13BrN6O3. The van der Waals surface area contributed by atoms with Gasteiger partial charge in [0, 0.05) is 51.7 Å². The van der Waals surface area contributed by atoms with Crippen LogP contribution in [0.25, 0.3) is 21.8 Å². The first-order chi connectivity index (χ1) is 13.4. The molecule has 0 unspecified atom stereocenters. The van der Waals surface area contributed by atoms with Crippen LogP contribution >= 0.6 is 15.9 Å². The summed E-state index contributed by atoms with van der Waals surface area (Å²) in [6.45, 7) is 0. The molecule has 0 saturated heterocycles. The summed E-state index contributed by atoms with van der Waals surface area (Å²) in [5, 5.41) is 22.9. The third-order valence-corrected chi connectivity index (χ3v) is 4.82. The molecule has 0 aliphatic heterocycles. The van der Waals surface area contributed by atoms with Crippen LogP contribution in [-0.4, -0.2) is 31.8 Å². The number of aromatic nitrogens is 3. The summed E-state index contributed by atoms with van der Waals surface area (Å²) in [6.07, 6.45) is 3.45. The Balaban J connectivity index is 1.60. The molecule has 28 heavy (non-hydrogen) atoms. The summed E-state index contributed by atoms with van der Waals surface area (Å²) in [5.74, 6) is -0.565. The monoisotopic (exact) mass is 440 g/mol. The van der Waals surface area contributed by atoms with Crippen molar-refractivity contribution < 1.29 is 9.72 Å². The van der Waals surface area contributed by atoms with E-state index in [0.29, 0.717) is 10.9 Å². The van der Waals surface area contributed by atoms with Crippen LogP contribution in [0, 0.1) is 10.1 Å². The van der Waals surface area contributed by atoms with Gasteiger partial charge in [-0.25, -0.2) is 5.43 Å². The van der Waals surface area contributed by atoms with Crippen LogP contribution in [0.1, 0.15) is 16.1 Å². The lowest BCUT2D eigenvalue weighted by atomic mass is 10.2. The van der Waals surface area contributed by atoms with Gasteiger partial charge in [0.05, 0.1) is 16.7 Å². The van der Waals surface area contributed by atoms with Crippen molar-refractivity contribution in [1.29, 1.82) is 0 Å². The molecule has 4 rings (SSSR count). The second-order valence-corrected chi connectivity index (χ2v) is 7.03. The fraction of sp³-hybridized carbons (Fsp3) is 0.0556. The highest BCUT2D eigenvalue weighted by molar-refractivity contribution is 9.10. The van der Waals surface area contributed by atoms with E-state index >= 15 is 0 Å². The number of hydrazone groups is 1. The van der Waals surface area contributed by atoms with Gasteiger partial charge < -0.3 is 4.57 Å². The van der Waals surface area contributed by atoms with Crippen molar-refractivity contribution in [3.05, 3.63) is 68.4 Å². The number of non-ortho nitro benzene ring substituents is 1. The topological polar surface area (TPSA) is 118 Å². The Morgan fingerprint density at radius 2 is 2.14 bits per heavy atom. The van der Waals surface area contributed by atoms with Gasteiger partial charge >= 0.3 is 0 Å². The van der Waals surface area contributed by atoms with E-state index in [4.69, 9.17) is 0 Å². The van der Waals surface area contributed by atoms with Gasteiger partial charge in [-0.05, 0) is 24.3 Å². The van der Waals surface area contributed by atoms with Crippen molar-refractivity contribution in [1.82, 2.24) is 20.2 Å². The van der Waals surface area contributed by atoms with Crippen molar-refractivity contribution in [3.8, 4) is 0 Å². The normalized spacial score (nSPS) is 11.5. The minimum atomic E-state index is -0.565. The van der Waals surface area contributed by atoms with Gasteiger partial charge in [-0.15, -0.1) is 0 Å². The fourth-order valence-electron chi connectivity index (χ4n) is 3.00. The van der Waals surface area contributed by atoms with Crippen LogP contribution in [0.15, 0.2) is 52.2 Å². The van der Waals surface area contributed by atoms with Crippen molar-refractivity contribution in [2.75, 3.05) is 0 Å². The number of H-pyrrole nitrogens is 1. The lowest BCUT2D eigenvalue weighted by Crippen LogP contribution is -2.18. The molecule has 4 aromatic rings. The molecule has 2 aromatic heterocycles. The van der Waals surface area contributed by atoms with Crippen molar-refractivity contribution in [2.45, 2.75) is 0 Å². The number of carbonyl (C=O) groups is 1. The van der Waals surface area contributed by atoms with Crippen LogP contribution in [0.3, 0.4) is 0 Å². The highest BCUT2D eigenvalue weighted by Gasteiger charge is 2.17. The number of aryl methyl sites for hydroxylation is 1. The molecule has 2 aromatic carbocycles. The number of nitro benzene ring substituents is 1. The average Bonchev–Trinajstić information content (AvgIpc) is 3.22. The van der Waals surface area contributed by atoms with Gasteiger partial charge in [-0.2, -0.15) is 10.2 Å². The quantitative estimate of drug-likeness (QED) is 0.286. The Kier molecular flexibility index (Phi) is 4.40. The SMILES string of the molecule is Cn1cc(/C=N/NC(=O)c2n[nH]c3ccc([N+](=O)[O-])cc23)c2cc(Br)ccc21. The zero-order chi connectivity index (χ0) is 19.8. The lowest BCUT2D eigenvalue weighted by molar-refractivity contribution is -0.384. The van der Waals surface area contributed by atoms with Crippen molar-refractivity contribution in [2.24, 2.45) is 12.1 Å². The maximum atomic E-state index is 12.4. The van der Waals surface area contributed by atoms with Gasteiger partial charge in [0.2, 0.25) is 0 Å². The predicted octanol–water partition coefficient (Wildman–Crippen LogP) is 3.49. The standard InChI is InChI=1S/C18H13BrN6O3/c1-24-9-10(13-6-11(19)2-5-16(13)24)8-20-23-18(26)17-14-7-12(25(27)28)3-4-15(14)21-22-17/h2-9H,1H3,(H,21,22)(H,23,26)/b20-8+. The van der Waals surface area contributed by atoms with E-state index in [9.17, 15) is 14.9 Å². The number of amides is 1. The summed E-state index contributed by atoms with van der Waals surface area (Å²) >= 11 is 3.45. The van der Waals surface area contributed by atoms with E-state index in [1.165, 1.54) is 18.2 Å². The Hall–Kier alpha value is -3.53. The van der Waals surface area contributed by atoms with E-state index in [-0.39, 0.29) is 11.4 Å². The molecule has 2 heterocycles. The first-order valence-electron chi connectivity index (χ1n) is 8.14. The van der Waals surface area contributed by atoms with Crippen LogP contribution in [-0.2, 0) is 7.05 Å². The zero-order valence-corrected chi connectivity index (χ0v) is 16.1. The molecule has 0 spiro atoms. The molecule has 10 heteroatoms. The van der Waals surface area contributed by atoms with Crippen LogP contribution in [0.5, 0.6) is 0 Å². The molecule has 0 radical (unpaired) electrons. The highest BCUT2D eigenvalue weighted by atomic mass is 79.9. The number of carbonyl (C=O) groups excluding carboxylic acids is 1. The molecular weight excluding hydrogens is 428 g/mol. The summed E-state index contributed by atoms with van der Waals surface area (Å²) in [7, 11) is 1.93. The van der Waals surface area contributed by atoms with Crippen LogP contribution in [0.4, 0.5) is 5.69 Å².